The van der Waals surface area contributed by atoms with Crippen molar-refractivity contribution < 1.29 is 42.1 Å². The number of benzene rings is 2. The van der Waals surface area contributed by atoms with Crippen molar-refractivity contribution in [2.75, 3.05) is 0 Å². The Balaban J connectivity index is 1.67. The summed E-state index contributed by atoms with van der Waals surface area (Å²) in [6.07, 6.45) is -6.71. The van der Waals surface area contributed by atoms with Gasteiger partial charge in [0, 0.05) is 30.1 Å². The number of alkyl halides is 3. The van der Waals surface area contributed by atoms with Crippen LogP contribution in [-0.4, -0.2) is 37.3 Å². The summed E-state index contributed by atoms with van der Waals surface area (Å²) >= 11 is 6.30. The topological polar surface area (TPSA) is 137 Å². The molecule has 2 unspecified atom stereocenters. The van der Waals surface area contributed by atoms with Crippen LogP contribution in [0.1, 0.15) is 24.0 Å². The molecule has 0 fully saturated rings. The molecule has 0 aliphatic rings. The van der Waals surface area contributed by atoms with E-state index in [1.165, 1.54) is 50.4 Å². The van der Waals surface area contributed by atoms with Crippen LogP contribution in [0.15, 0.2) is 57.7 Å². The molecule has 0 saturated heterocycles. The highest BCUT2D eigenvalue weighted by molar-refractivity contribution is 6.31. The fourth-order valence-corrected chi connectivity index (χ4v) is 4.13. The van der Waals surface area contributed by atoms with Crippen LogP contribution in [0.4, 0.5) is 18.0 Å². The van der Waals surface area contributed by atoms with Crippen molar-refractivity contribution in [3.05, 3.63) is 75.2 Å². The summed E-state index contributed by atoms with van der Waals surface area (Å²) in [5, 5.41) is 26.7. The van der Waals surface area contributed by atoms with E-state index in [0.717, 1.165) is 16.7 Å². The first-order chi connectivity index (χ1) is 17.3. The molecule has 0 amide bonds. The third kappa shape index (κ3) is 4.82. The first-order valence-corrected chi connectivity index (χ1v) is 10.8. The summed E-state index contributed by atoms with van der Waals surface area (Å²) in [6, 6.07) is 9.53. The lowest BCUT2D eigenvalue weighted by atomic mass is 9.77. The number of fused-ring (bicyclic) bond motifs is 1. The van der Waals surface area contributed by atoms with Gasteiger partial charge in [-0.05, 0) is 35.4 Å². The van der Waals surface area contributed by atoms with Gasteiger partial charge in [0.1, 0.15) is 5.75 Å². The average molecular weight is 540 g/mol. The monoisotopic (exact) mass is 539 g/mol. The lowest BCUT2D eigenvalue weighted by molar-refractivity contribution is -0.274. The first kappa shape index (κ1) is 26.0. The Bertz CT molecular complexity index is 1540. The zero-order valence-corrected chi connectivity index (χ0v) is 19.7. The minimum Gasteiger partial charge on any atom is -0.449 e. The average Bonchev–Trinajstić information content (AvgIpc) is 3.11. The van der Waals surface area contributed by atoms with Gasteiger partial charge in [-0.3, -0.25) is 4.57 Å². The summed E-state index contributed by atoms with van der Waals surface area (Å²) in [5.41, 5.74) is -3.78. The predicted molar refractivity (Wildman–Crippen MR) is 122 cm³/mol. The van der Waals surface area contributed by atoms with Gasteiger partial charge in [-0.2, -0.15) is 13.2 Å². The summed E-state index contributed by atoms with van der Waals surface area (Å²) in [4.78, 5) is 22.3. The normalized spacial score (nSPS) is 14.2. The smallest absolute Gasteiger partial charge is 0.449 e. The standard InChI is InChI=1S/C23H17ClF3N3O7/c1-11(22(34,23(25,26)27)12-3-6-17-16(9-12)30(2)20(31)36-17)14-5-4-13(10-15(14)24)35-18-7-8-19(29-28-18)37-21(32)33/h3-11,34H,1-2H3,(H,32,33). The SMILES string of the molecule is CC(c1ccc(Oc2ccc(OC(=O)O)nn2)cc1Cl)C(O)(c1ccc2oc(=O)n(C)c2c1)C(F)(F)F. The number of halogens is 4. The van der Waals surface area contributed by atoms with Crippen LogP contribution < -0.4 is 15.2 Å². The number of carboxylic acid groups (broad SMARTS) is 1. The molecule has 0 aliphatic carbocycles. The Morgan fingerprint density at radius 2 is 1.78 bits per heavy atom. The Morgan fingerprint density at radius 1 is 1.11 bits per heavy atom. The van der Waals surface area contributed by atoms with E-state index in [0.29, 0.717) is 0 Å². The van der Waals surface area contributed by atoms with E-state index in [1.54, 1.807) is 0 Å². The molecule has 4 aromatic rings. The molecule has 4 rings (SSSR count). The van der Waals surface area contributed by atoms with Gasteiger partial charge in [0.25, 0.3) is 0 Å². The molecule has 0 aliphatic heterocycles. The molecule has 0 saturated carbocycles. The third-order valence-corrected chi connectivity index (χ3v) is 6.09. The minimum atomic E-state index is -5.13. The zero-order valence-electron chi connectivity index (χ0n) is 19.0. The quantitative estimate of drug-likeness (QED) is 0.325. The summed E-state index contributed by atoms with van der Waals surface area (Å²) in [5.74, 6) is -2.62. The van der Waals surface area contributed by atoms with Crippen LogP contribution in [-0.2, 0) is 12.6 Å². The lowest BCUT2D eigenvalue weighted by Gasteiger charge is -2.37. The second-order valence-electron chi connectivity index (χ2n) is 7.96. The van der Waals surface area contributed by atoms with Crippen molar-refractivity contribution in [2.24, 2.45) is 7.05 Å². The molecule has 2 N–H and O–H groups in total. The van der Waals surface area contributed by atoms with Crippen molar-refractivity contribution in [2.45, 2.75) is 24.6 Å². The number of ether oxygens (including phenoxy) is 2. The fourth-order valence-electron chi connectivity index (χ4n) is 3.80. The van der Waals surface area contributed by atoms with E-state index >= 15 is 0 Å². The van der Waals surface area contributed by atoms with E-state index in [2.05, 4.69) is 14.9 Å². The van der Waals surface area contributed by atoms with Gasteiger partial charge in [0.05, 0.1) is 5.52 Å². The van der Waals surface area contributed by atoms with Crippen LogP contribution >= 0.6 is 11.6 Å². The number of carbonyl (C=O) groups is 1. The maximum Gasteiger partial charge on any atom is 0.512 e. The van der Waals surface area contributed by atoms with Gasteiger partial charge in [-0.25, -0.2) is 9.59 Å². The Hall–Kier alpha value is -4.10. The van der Waals surface area contributed by atoms with Gasteiger partial charge in [0.2, 0.25) is 11.8 Å². The Labute approximate surface area is 210 Å². The molecule has 37 heavy (non-hydrogen) atoms. The van der Waals surface area contributed by atoms with Crippen LogP contribution in [0, 0.1) is 0 Å². The molecule has 2 aromatic carbocycles. The number of hydrogen-bond acceptors (Lipinski definition) is 8. The van der Waals surface area contributed by atoms with Crippen LogP contribution in [0.25, 0.3) is 11.1 Å². The molecule has 194 valence electrons. The number of hydrogen-bond donors (Lipinski definition) is 2. The molecule has 0 radical (unpaired) electrons. The second-order valence-corrected chi connectivity index (χ2v) is 8.37. The van der Waals surface area contributed by atoms with Gasteiger partial charge >= 0.3 is 18.1 Å². The van der Waals surface area contributed by atoms with E-state index in [4.69, 9.17) is 25.9 Å². The van der Waals surface area contributed by atoms with Crippen LogP contribution in [0.2, 0.25) is 5.02 Å². The summed E-state index contributed by atoms with van der Waals surface area (Å²) < 4.78 is 58.9. The lowest BCUT2D eigenvalue weighted by Crippen LogP contribution is -2.46. The first-order valence-electron chi connectivity index (χ1n) is 10.4. The fraction of sp³-hybridized carbons (Fsp3) is 0.217. The van der Waals surface area contributed by atoms with Crippen molar-refractivity contribution in [1.82, 2.24) is 14.8 Å². The number of aryl methyl sites for hydroxylation is 1. The van der Waals surface area contributed by atoms with E-state index in [-0.39, 0.29) is 39.2 Å². The van der Waals surface area contributed by atoms with Crippen molar-refractivity contribution in [1.29, 1.82) is 0 Å². The van der Waals surface area contributed by atoms with Crippen LogP contribution in [0.3, 0.4) is 0 Å². The number of nitrogens with zero attached hydrogens (tertiary/aromatic N) is 3. The molecule has 14 heteroatoms. The third-order valence-electron chi connectivity index (χ3n) is 5.76. The molecule has 10 nitrogen and oxygen atoms in total. The second kappa shape index (κ2) is 9.41. The molecule has 0 spiro atoms. The van der Waals surface area contributed by atoms with Gasteiger partial charge < -0.3 is 24.1 Å². The van der Waals surface area contributed by atoms with Crippen molar-refractivity contribution >= 4 is 28.9 Å². The number of aromatic nitrogens is 3. The molecular formula is C23H17ClF3N3O7. The maximum atomic E-state index is 14.4. The van der Waals surface area contributed by atoms with Gasteiger partial charge in [-0.15, -0.1) is 10.2 Å². The Morgan fingerprint density at radius 3 is 2.38 bits per heavy atom. The van der Waals surface area contributed by atoms with Gasteiger partial charge in [-0.1, -0.05) is 30.7 Å². The van der Waals surface area contributed by atoms with E-state index in [1.807, 2.05) is 0 Å². The van der Waals surface area contributed by atoms with Crippen LogP contribution in [0.5, 0.6) is 17.5 Å². The molecule has 2 atom stereocenters. The molecule has 0 bridgehead atoms. The highest BCUT2D eigenvalue weighted by Gasteiger charge is 2.59. The van der Waals surface area contributed by atoms with E-state index < -0.39 is 35.2 Å². The highest BCUT2D eigenvalue weighted by atomic mass is 35.5. The molecule has 2 aromatic heterocycles. The predicted octanol–water partition coefficient (Wildman–Crippen LogP) is 4.98. The van der Waals surface area contributed by atoms with E-state index in [9.17, 15) is 27.9 Å². The summed E-state index contributed by atoms with van der Waals surface area (Å²) in [6.45, 7) is 1.17. The summed E-state index contributed by atoms with van der Waals surface area (Å²) in [7, 11) is 1.33. The number of rotatable bonds is 6. The highest BCUT2D eigenvalue weighted by Crippen LogP contribution is 2.50. The van der Waals surface area contributed by atoms with Crippen molar-refractivity contribution in [3.8, 4) is 17.5 Å². The Kier molecular flexibility index (Phi) is 6.60. The molecular weight excluding hydrogens is 523 g/mol. The number of oxazole rings is 1. The minimum absolute atomic E-state index is 0.0358. The zero-order chi connectivity index (χ0) is 27.1. The molecule has 2 heterocycles. The maximum absolute atomic E-state index is 14.4. The largest absolute Gasteiger partial charge is 0.512 e. The van der Waals surface area contributed by atoms with Crippen molar-refractivity contribution in [3.63, 3.8) is 0 Å². The number of aliphatic hydroxyl groups is 1. The van der Waals surface area contributed by atoms with Gasteiger partial charge in [0.15, 0.2) is 11.2 Å².